The van der Waals surface area contributed by atoms with Gasteiger partial charge in [-0.15, -0.1) is 0 Å². The highest BCUT2D eigenvalue weighted by molar-refractivity contribution is 5.18. The van der Waals surface area contributed by atoms with Gasteiger partial charge in [-0.1, -0.05) is 30.3 Å². The minimum Gasteiger partial charge on any atom is -0.394 e. The first-order chi connectivity index (χ1) is 8.18. The van der Waals surface area contributed by atoms with E-state index in [-0.39, 0.29) is 6.61 Å². The van der Waals surface area contributed by atoms with Crippen molar-refractivity contribution < 1.29 is 19.7 Å². The summed E-state index contributed by atoms with van der Waals surface area (Å²) in [5.41, 5.74) is -0.0367. The van der Waals surface area contributed by atoms with Gasteiger partial charge in [0.15, 0.2) is 6.29 Å². The molecule has 1 fully saturated rings. The summed E-state index contributed by atoms with van der Waals surface area (Å²) in [7, 11) is 1.54. The van der Waals surface area contributed by atoms with Gasteiger partial charge in [0.2, 0.25) is 0 Å². The molecule has 17 heavy (non-hydrogen) atoms. The summed E-state index contributed by atoms with van der Waals surface area (Å²) in [4.78, 5) is 0. The summed E-state index contributed by atoms with van der Waals surface area (Å²) in [6.07, 6.45) is -0.198. The van der Waals surface area contributed by atoms with Gasteiger partial charge in [-0.2, -0.15) is 0 Å². The first-order valence-corrected chi connectivity index (χ1v) is 5.73. The van der Waals surface area contributed by atoms with Crippen LogP contribution in [-0.2, 0) is 15.9 Å². The molecule has 4 nitrogen and oxygen atoms in total. The zero-order valence-corrected chi connectivity index (χ0v) is 9.87. The summed E-state index contributed by atoms with van der Waals surface area (Å²) in [6, 6.07) is 9.69. The van der Waals surface area contributed by atoms with Crippen LogP contribution < -0.4 is 0 Å². The highest BCUT2D eigenvalue weighted by Crippen LogP contribution is 2.33. The standard InChI is InChI=1S/C13H18O4/c1-16-12-8-13(15,11(9-14)17-12)7-10-5-3-2-4-6-10/h2-6,11-12,14-15H,7-9H2,1H3/t11-,12+,13+/m1/s1. The first-order valence-electron chi connectivity index (χ1n) is 5.73. The highest BCUT2D eigenvalue weighted by Gasteiger charge is 2.47. The molecule has 0 radical (unpaired) electrons. The SMILES string of the molecule is CO[C@@H]1C[C@@](O)(Cc2ccccc2)[C@@H](CO)O1. The second-order valence-corrected chi connectivity index (χ2v) is 4.44. The predicted octanol–water partition coefficient (Wildman–Crippen LogP) is 0.714. The van der Waals surface area contributed by atoms with Crippen molar-refractivity contribution in [2.24, 2.45) is 0 Å². The number of ether oxygens (including phenoxy) is 2. The molecule has 0 saturated carbocycles. The lowest BCUT2D eigenvalue weighted by atomic mass is 9.88. The van der Waals surface area contributed by atoms with E-state index in [1.807, 2.05) is 30.3 Å². The van der Waals surface area contributed by atoms with Crippen molar-refractivity contribution in [3.63, 3.8) is 0 Å². The Balaban J connectivity index is 2.12. The maximum absolute atomic E-state index is 10.5. The molecule has 1 aliphatic heterocycles. The predicted molar refractivity (Wildman–Crippen MR) is 62.5 cm³/mol. The number of hydrogen-bond donors (Lipinski definition) is 2. The van der Waals surface area contributed by atoms with E-state index >= 15 is 0 Å². The first kappa shape index (κ1) is 12.5. The lowest BCUT2D eigenvalue weighted by Gasteiger charge is -2.26. The van der Waals surface area contributed by atoms with Crippen molar-refractivity contribution in [2.45, 2.75) is 30.8 Å². The fourth-order valence-corrected chi connectivity index (χ4v) is 2.27. The number of hydrogen-bond acceptors (Lipinski definition) is 4. The quantitative estimate of drug-likeness (QED) is 0.811. The molecule has 4 heteroatoms. The Morgan fingerprint density at radius 1 is 1.41 bits per heavy atom. The Labute approximate surface area is 101 Å². The molecule has 3 atom stereocenters. The minimum absolute atomic E-state index is 0.205. The van der Waals surface area contributed by atoms with Crippen LogP contribution in [0.25, 0.3) is 0 Å². The molecule has 2 N–H and O–H groups in total. The second kappa shape index (κ2) is 5.14. The molecule has 94 valence electrons. The van der Waals surface area contributed by atoms with Gasteiger partial charge in [0, 0.05) is 20.0 Å². The Kier molecular flexibility index (Phi) is 3.79. The van der Waals surface area contributed by atoms with Gasteiger partial charge in [0.05, 0.1) is 6.61 Å². The fraction of sp³-hybridized carbons (Fsp3) is 0.538. The number of aliphatic hydroxyl groups excluding tert-OH is 1. The monoisotopic (exact) mass is 238 g/mol. The third kappa shape index (κ3) is 2.66. The number of rotatable bonds is 4. The van der Waals surface area contributed by atoms with Gasteiger partial charge in [0.25, 0.3) is 0 Å². The van der Waals surface area contributed by atoms with Crippen LogP contribution in [0.3, 0.4) is 0 Å². The molecule has 1 heterocycles. The van der Waals surface area contributed by atoms with Crippen molar-refractivity contribution >= 4 is 0 Å². The Morgan fingerprint density at radius 3 is 2.71 bits per heavy atom. The van der Waals surface area contributed by atoms with Crippen LogP contribution >= 0.6 is 0 Å². The summed E-state index contributed by atoms with van der Waals surface area (Å²) in [5.74, 6) is 0. The zero-order valence-electron chi connectivity index (χ0n) is 9.87. The van der Waals surface area contributed by atoms with Crippen molar-refractivity contribution in [1.29, 1.82) is 0 Å². The van der Waals surface area contributed by atoms with Crippen LogP contribution in [0.4, 0.5) is 0 Å². The van der Waals surface area contributed by atoms with E-state index in [1.165, 1.54) is 7.11 Å². The van der Waals surface area contributed by atoms with Crippen LogP contribution in [-0.4, -0.2) is 41.9 Å². The molecule has 0 aliphatic carbocycles. The van der Waals surface area contributed by atoms with E-state index in [0.717, 1.165) is 5.56 Å². The summed E-state index contributed by atoms with van der Waals surface area (Å²) >= 11 is 0. The van der Waals surface area contributed by atoms with Crippen LogP contribution in [0.1, 0.15) is 12.0 Å². The molecule has 0 bridgehead atoms. The summed E-state index contributed by atoms with van der Waals surface area (Å²) < 4.78 is 10.5. The van der Waals surface area contributed by atoms with E-state index in [9.17, 15) is 10.2 Å². The summed E-state index contributed by atoms with van der Waals surface area (Å²) in [6.45, 7) is -0.205. The average molecular weight is 238 g/mol. The van der Waals surface area contributed by atoms with Crippen molar-refractivity contribution in [3.05, 3.63) is 35.9 Å². The largest absolute Gasteiger partial charge is 0.394 e. The van der Waals surface area contributed by atoms with E-state index in [4.69, 9.17) is 9.47 Å². The zero-order chi connectivity index (χ0) is 12.3. The highest BCUT2D eigenvalue weighted by atomic mass is 16.7. The topological polar surface area (TPSA) is 58.9 Å². The normalized spacial score (nSPS) is 32.9. The number of methoxy groups -OCH3 is 1. The molecule has 0 spiro atoms. The minimum atomic E-state index is -1.06. The summed E-state index contributed by atoms with van der Waals surface area (Å²) in [5, 5.41) is 19.8. The molecular weight excluding hydrogens is 220 g/mol. The van der Waals surface area contributed by atoms with Gasteiger partial charge in [-0.05, 0) is 5.56 Å². The van der Waals surface area contributed by atoms with Crippen LogP contribution in [0, 0.1) is 0 Å². The van der Waals surface area contributed by atoms with Crippen LogP contribution in [0.2, 0.25) is 0 Å². The van der Waals surface area contributed by atoms with Gasteiger partial charge in [-0.25, -0.2) is 0 Å². The smallest absolute Gasteiger partial charge is 0.160 e. The van der Waals surface area contributed by atoms with Crippen molar-refractivity contribution in [1.82, 2.24) is 0 Å². The Morgan fingerprint density at radius 2 is 2.12 bits per heavy atom. The molecule has 0 amide bonds. The molecule has 0 unspecified atom stereocenters. The van der Waals surface area contributed by atoms with E-state index < -0.39 is 18.0 Å². The van der Waals surface area contributed by atoms with Crippen molar-refractivity contribution in [3.8, 4) is 0 Å². The van der Waals surface area contributed by atoms with Gasteiger partial charge in [-0.3, -0.25) is 0 Å². The molecule has 2 rings (SSSR count). The van der Waals surface area contributed by atoms with E-state index in [0.29, 0.717) is 12.8 Å². The lowest BCUT2D eigenvalue weighted by molar-refractivity contribution is -0.135. The molecule has 1 saturated heterocycles. The van der Waals surface area contributed by atoms with Gasteiger partial charge in [0.1, 0.15) is 11.7 Å². The number of benzene rings is 1. The third-order valence-corrected chi connectivity index (χ3v) is 3.22. The van der Waals surface area contributed by atoms with Gasteiger partial charge >= 0.3 is 0 Å². The van der Waals surface area contributed by atoms with Crippen molar-refractivity contribution in [2.75, 3.05) is 13.7 Å². The Bertz CT molecular complexity index is 354. The number of aliphatic hydroxyl groups is 2. The average Bonchev–Trinajstić information content (AvgIpc) is 2.66. The van der Waals surface area contributed by atoms with Crippen LogP contribution in [0.5, 0.6) is 0 Å². The van der Waals surface area contributed by atoms with Crippen LogP contribution in [0.15, 0.2) is 30.3 Å². The van der Waals surface area contributed by atoms with E-state index in [1.54, 1.807) is 0 Å². The molecule has 0 aromatic heterocycles. The lowest BCUT2D eigenvalue weighted by Crippen LogP contribution is -2.42. The molecule has 1 aromatic rings. The maximum atomic E-state index is 10.5. The maximum Gasteiger partial charge on any atom is 0.160 e. The fourth-order valence-electron chi connectivity index (χ4n) is 2.27. The molecular formula is C13H18O4. The van der Waals surface area contributed by atoms with E-state index in [2.05, 4.69) is 0 Å². The second-order valence-electron chi connectivity index (χ2n) is 4.44. The Hall–Kier alpha value is -0.940. The molecule has 1 aliphatic rings. The van der Waals surface area contributed by atoms with Gasteiger partial charge < -0.3 is 19.7 Å². The third-order valence-electron chi connectivity index (χ3n) is 3.22. The molecule has 1 aromatic carbocycles.